The molecule has 2 nitrogen and oxygen atoms in total. The lowest BCUT2D eigenvalue weighted by Crippen LogP contribution is -2.35. The fraction of sp³-hybridized carbons (Fsp3) is 0.318. The molecule has 26 heavy (non-hydrogen) atoms. The van der Waals surface area contributed by atoms with Gasteiger partial charge in [-0.05, 0) is 61.1 Å². The Morgan fingerprint density at radius 1 is 1.15 bits per heavy atom. The number of hydrogen-bond acceptors (Lipinski definition) is 1. The van der Waals surface area contributed by atoms with Crippen LogP contribution in [0.5, 0.6) is 0 Å². The van der Waals surface area contributed by atoms with Crippen LogP contribution in [0.1, 0.15) is 37.3 Å². The molecule has 0 aliphatic rings. The van der Waals surface area contributed by atoms with Crippen LogP contribution < -0.4 is 5.32 Å². The molecule has 0 aliphatic heterocycles. The maximum Gasteiger partial charge on any atom is 0.224 e. The first kappa shape index (κ1) is 20.2. The highest BCUT2D eigenvalue weighted by Crippen LogP contribution is 2.30. The van der Waals surface area contributed by atoms with Crippen LogP contribution in [0.4, 0.5) is 4.39 Å². The summed E-state index contributed by atoms with van der Waals surface area (Å²) in [6, 6.07) is 14.0. The second-order valence-corrected chi connectivity index (χ2v) is 7.21. The van der Waals surface area contributed by atoms with Gasteiger partial charge >= 0.3 is 0 Å². The van der Waals surface area contributed by atoms with Gasteiger partial charge in [-0.25, -0.2) is 4.39 Å². The van der Waals surface area contributed by atoms with Gasteiger partial charge in [0.05, 0.1) is 0 Å². The molecule has 0 unspecified atom stereocenters. The van der Waals surface area contributed by atoms with E-state index in [0.717, 1.165) is 16.7 Å². The van der Waals surface area contributed by atoms with Crippen LogP contribution in [-0.4, -0.2) is 12.5 Å². The van der Waals surface area contributed by atoms with E-state index in [2.05, 4.69) is 18.8 Å². The highest BCUT2D eigenvalue weighted by atomic mass is 35.5. The van der Waals surface area contributed by atoms with Crippen molar-refractivity contribution in [1.82, 2.24) is 5.32 Å². The second kappa shape index (κ2) is 9.54. The normalized spacial score (nSPS) is 13.1. The first-order valence-electron chi connectivity index (χ1n) is 8.79. The number of allylic oxidation sites excluding steroid dienone is 1. The van der Waals surface area contributed by atoms with Crippen LogP contribution in [0, 0.1) is 11.7 Å². The van der Waals surface area contributed by atoms with Crippen molar-refractivity contribution in [2.24, 2.45) is 5.92 Å². The molecule has 2 aromatic carbocycles. The number of hydrogen-bond donors (Lipinski definition) is 1. The third-order valence-electron chi connectivity index (χ3n) is 4.53. The second-order valence-electron chi connectivity index (χ2n) is 6.78. The number of rotatable bonds is 8. The number of amides is 1. The minimum atomic E-state index is -0.254. The van der Waals surface area contributed by atoms with E-state index in [9.17, 15) is 9.18 Å². The van der Waals surface area contributed by atoms with E-state index < -0.39 is 0 Å². The molecular formula is C22H25ClFNO. The Morgan fingerprint density at radius 3 is 2.35 bits per heavy atom. The van der Waals surface area contributed by atoms with E-state index >= 15 is 0 Å². The molecule has 0 fully saturated rings. The molecule has 0 aliphatic carbocycles. The molecule has 2 rings (SSSR count). The maximum absolute atomic E-state index is 13.0. The number of halogens is 2. The number of benzene rings is 2. The lowest BCUT2D eigenvalue weighted by atomic mass is 9.83. The van der Waals surface area contributed by atoms with Crippen molar-refractivity contribution in [2.45, 2.75) is 32.6 Å². The molecule has 0 aromatic heterocycles. The molecule has 4 heteroatoms. The fourth-order valence-corrected chi connectivity index (χ4v) is 3.11. The fourth-order valence-electron chi connectivity index (χ4n) is 2.98. The Balaban J connectivity index is 2.00. The molecule has 0 radical (unpaired) electrons. The smallest absolute Gasteiger partial charge is 0.224 e. The zero-order valence-corrected chi connectivity index (χ0v) is 16.0. The monoisotopic (exact) mass is 373 g/mol. The van der Waals surface area contributed by atoms with Gasteiger partial charge in [0.1, 0.15) is 5.82 Å². The quantitative estimate of drug-likeness (QED) is 0.606. The Kier molecular flexibility index (Phi) is 7.40. The van der Waals surface area contributed by atoms with Crippen molar-refractivity contribution in [3.63, 3.8) is 0 Å². The molecule has 0 saturated heterocycles. The maximum atomic E-state index is 13.0. The van der Waals surface area contributed by atoms with Gasteiger partial charge in [-0.2, -0.15) is 0 Å². The lowest BCUT2D eigenvalue weighted by molar-refractivity contribution is -0.125. The molecule has 0 saturated carbocycles. The molecule has 0 heterocycles. The van der Waals surface area contributed by atoms with Gasteiger partial charge in [-0.15, -0.1) is 6.58 Å². The molecule has 1 N–H and O–H groups in total. The number of nitrogens with one attached hydrogen (secondary N) is 1. The Hall–Kier alpha value is -2.13. The third kappa shape index (κ3) is 5.99. The SMILES string of the molecule is C=C(C)C[C@@H](C(=O)NCCc1ccc(F)cc1)[C@@H](C)c1ccc(Cl)cc1. The number of carbonyl (C=O) groups excluding carboxylic acids is 1. The third-order valence-corrected chi connectivity index (χ3v) is 4.78. The zero-order valence-electron chi connectivity index (χ0n) is 15.3. The van der Waals surface area contributed by atoms with E-state index in [0.29, 0.717) is 24.4 Å². The zero-order chi connectivity index (χ0) is 19.1. The van der Waals surface area contributed by atoms with Crippen LogP contribution in [-0.2, 0) is 11.2 Å². The van der Waals surface area contributed by atoms with E-state index in [1.54, 1.807) is 12.1 Å². The van der Waals surface area contributed by atoms with Gasteiger partial charge < -0.3 is 5.32 Å². The van der Waals surface area contributed by atoms with Gasteiger partial charge in [0.2, 0.25) is 5.91 Å². The molecular weight excluding hydrogens is 349 g/mol. The van der Waals surface area contributed by atoms with E-state index in [4.69, 9.17) is 11.6 Å². The van der Waals surface area contributed by atoms with Gasteiger partial charge in [-0.3, -0.25) is 4.79 Å². The van der Waals surface area contributed by atoms with Gasteiger partial charge in [-0.1, -0.05) is 48.4 Å². The summed E-state index contributed by atoms with van der Waals surface area (Å²) in [7, 11) is 0. The summed E-state index contributed by atoms with van der Waals surface area (Å²) in [4.78, 5) is 12.8. The van der Waals surface area contributed by atoms with Crippen LogP contribution in [0.25, 0.3) is 0 Å². The van der Waals surface area contributed by atoms with E-state index in [1.165, 1.54) is 12.1 Å². The standard InChI is InChI=1S/C22H25ClFNO/c1-15(2)14-21(16(3)18-6-8-19(23)9-7-18)22(26)25-13-12-17-4-10-20(24)11-5-17/h4-11,16,21H,1,12-14H2,2-3H3,(H,25,26)/t16-,21+/m0/s1. The largest absolute Gasteiger partial charge is 0.356 e. The molecule has 0 bridgehead atoms. The summed E-state index contributed by atoms with van der Waals surface area (Å²) in [5.41, 5.74) is 3.05. The summed E-state index contributed by atoms with van der Waals surface area (Å²) in [5.74, 6) is -0.384. The molecule has 1 amide bonds. The highest BCUT2D eigenvalue weighted by molar-refractivity contribution is 6.30. The molecule has 138 valence electrons. The first-order chi connectivity index (χ1) is 12.4. The summed E-state index contributed by atoms with van der Waals surface area (Å²) in [5, 5.41) is 3.70. The van der Waals surface area contributed by atoms with E-state index in [1.807, 2.05) is 31.2 Å². The van der Waals surface area contributed by atoms with Gasteiger partial charge in [0.25, 0.3) is 0 Å². The van der Waals surface area contributed by atoms with Crippen LogP contribution in [0.3, 0.4) is 0 Å². The Labute approximate surface area is 160 Å². The summed E-state index contributed by atoms with van der Waals surface area (Å²) in [6.45, 7) is 8.48. The average molecular weight is 374 g/mol. The minimum Gasteiger partial charge on any atom is -0.356 e. The van der Waals surface area contributed by atoms with Gasteiger partial charge in [0, 0.05) is 17.5 Å². The van der Waals surface area contributed by atoms with Crippen molar-refractivity contribution in [2.75, 3.05) is 6.54 Å². The van der Waals surface area contributed by atoms with Crippen molar-refractivity contribution < 1.29 is 9.18 Å². The predicted molar refractivity (Wildman–Crippen MR) is 106 cm³/mol. The molecule has 0 spiro atoms. The first-order valence-corrected chi connectivity index (χ1v) is 9.16. The van der Waals surface area contributed by atoms with Crippen molar-refractivity contribution >= 4 is 17.5 Å². The average Bonchev–Trinajstić information content (AvgIpc) is 2.61. The van der Waals surface area contributed by atoms with Crippen LogP contribution >= 0.6 is 11.6 Å². The van der Waals surface area contributed by atoms with Crippen molar-refractivity contribution in [1.29, 1.82) is 0 Å². The van der Waals surface area contributed by atoms with Gasteiger partial charge in [0.15, 0.2) is 0 Å². The Morgan fingerprint density at radius 2 is 1.77 bits per heavy atom. The summed E-state index contributed by atoms with van der Waals surface area (Å²) in [6.07, 6.45) is 1.30. The highest BCUT2D eigenvalue weighted by Gasteiger charge is 2.26. The predicted octanol–water partition coefficient (Wildman–Crippen LogP) is 5.52. The van der Waals surface area contributed by atoms with Crippen LogP contribution in [0.15, 0.2) is 60.7 Å². The van der Waals surface area contributed by atoms with Crippen molar-refractivity contribution in [3.05, 3.63) is 82.6 Å². The summed E-state index contributed by atoms with van der Waals surface area (Å²) < 4.78 is 13.0. The molecule has 2 atom stereocenters. The summed E-state index contributed by atoms with van der Waals surface area (Å²) >= 11 is 5.96. The lowest BCUT2D eigenvalue weighted by Gasteiger charge is -2.24. The van der Waals surface area contributed by atoms with Crippen molar-refractivity contribution in [3.8, 4) is 0 Å². The minimum absolute atomic E-state index is 0.0116. The number of carbonyl (C=O) groups is 1. The topological polar surface area (TPSA) is 29.1 Å². The Bertz CT molecular complexity index is 740. The molecule has 2 aromatic rings. The van der Waals surface area contributed by atoms with E-state index in [-0.39, 0.29) is 23.6 Å². The van der Waals surface area contributed by atoms with Crippen LogP contribution in [0.2, 0.25) is 5.02 Å².